The van der Waals surface area contributed by atoms with Crippen LogP contribution in [0.2, 0.25) is 0 Å². The molecule has 0 saturated carbocycles. The third kappa shape index (κ3) is 4.34. The molecule has 0 unspecified atom stereocenters. The van der Waals surface area contributed by atoms with Crippen molar-refractivity contribution in [2.24, 2.45) is 0 Å². The van der Waals surface area contributed by atoms with Crippen molar-refractivity contribution in [3.05, 3.63) is 66.1 Å². The highest BCUT2D eigenvalue weighted by Crippen LogP contribution is 2.15. The molecule has 5 heteroatoms. The van der Waals surface area contributed by atoms with Crippen molar-refractivity contribution in [2.75, 3.05) is 24.3 Å². The predicted octanol–water partition coefficient (Wildman–Crippen LogP) is 3.68. The Hall–Kier alpha value is -2.82. The minimum atomic E-state index is -0.384. The summed E-state index contributed by atoms with van der Waals surface area (Å²) in [5.41, 5.74) is 2.14. The first kappa shape index (κ1) is 15.6. The maximum absolute atomic E-state index is 13.4. The zero-order valence-corrected chi connectivity index (χ0v) is 12.5. The first-order valence-electron chi connectivity index (χ1n) is 6.82. The van der Waals surface area contributed by atoms with Gasteiger partial charge >= 0.3 is 6.03 Å². The van der Waals surface area contributed by atoms with E-state index in [0.29, 0.717) is 11.3 Å². The average molecular weight is 299 g/mol. The van der Waals surface area contributed by atoms with Gasteiger partial charge in [-0.15, -0.1) is 0 Å². The van der Waals surface area contributed by atoms with Crippen molar-refractivity contribution in [1.29, 1.82) is 0 Å². The Labute approximate surface area is 129 Å². The number of carbonyl (C=O) groups is 1. The van der Waals surface area contributed by atoms with Gasteiger partial charge in [0.15, 0.2) is 0 Å². The fraction of sp³-hybridized carbons (Fsp3) is 0.118. The molecule has 0 fully saturated rings. The summed E-state index contributed by atoms with van der Waals surface area (Å²) >= 11 is 0. The second kappa shape index (κ2) is 7.26. The minimum Gasteiger partial charge on any atom is -0.378 e. The number of halogens is 1. The van der Waals surface area contributed by atoms with Gasteiger partial charge in [-0.2, -0.15) is 0 Å². The Bertz CT molecular complexity index is 666. The molecule has 0 aliphatic heterocycles. The van der Waals surface area contributed by atoms with E-state index in [2.05, 4.69) is 10.6 Å². The van der Waals surface area contributed by atoms with Gasteiger partial charge in [0, 0.05) is 37.2 Å². The fourth-order valence-electron chi connectivity index (χ4n) is 1.83. The SMILES string of the molecule is CN(C)c1ccc(NC(=O)N/C=C/c2ccccc2F)cc1. The lowest BCUT2D eigenvalue weighted by Gasteiger charge is -2.12. The van der Waals surface area contributed by atoms with E-state index in [0.717, 1.165) is 5.69 Å². The first-order valence-corrected chi connectivity index (χ1v) is 6.82. The molecule has 0 bridgehead atoms. The quantitative estimate of drug-likeness (QED) is 0.904. The Balaban J connectivity index is 1.89. The van der Waals surface area contributed by atoms with Crippen molar-refractivity contribution in [1.82, 2.24) is 5.32 Å². The van der Waals surface area contributed by atoms with Crippen LogP contribution in [0.15, 0.2) is 54.7 Å². The van der Waals surface area contributed by atoms with E-state index in [-0.39, 0.29) is 11.8 Å². The third-order valence-electron chi connectivity index (χ3n) is 3.02. The van der Waals surface area contributed by atoms with Crippen LogP contribution >= 0.6 is 0 Å². The van der Waals surface area contributed by atoms with Crippen LogP contribution in [0.25, 0.3) is 6.08 Å². The Morgan fingerprint density at radius 1 is 1.09 bits per heavy atom. The number of rotatable bonds is 4. The number of carbonyl (C=O) groups excluding carboxylic acids is 1. The lowest BCUT2D eigenvalue weighted by molar-refractivity contribution is 0.255. The summed E-state index contributed by atoms with van der Waals surface area (Å²) in [7, 11) is 3.89. The van der Waals surface area contributed by atoms with Crippen LogP contribution in [0.1, 0.15) is 5.56 Å². The van der Waals surface area contributed by atoms with Crippen LogP contribution in [0.3, 0.4) is 0 Å². The van der Waals surface area contributed by atoms with Crippen molar-refractivity contribution < 1.29 is 9.18 Å². The van der Waals surface area contributed by atoms with Crippen molar-refractivity contribution in [3.8, 4) is 0 Å². The minimum absolute atomic E-state index is 0.333. The van der Waals surface area contributed by atoms with Gasteiger partial charge in [0.25, 0.3) is 0 Å². The van der Waals surface area contributed by atoms with E-state index in [4.69, 9.17) is 0 Å². The summed E-state index contributed by atoms with van der Waals surface area (Å²) in [5, 5.41) is 5.23. The smallest absolute Gasteiger partial charge is 0.323 e. The van der Waals surface area contributed by atoms with Crippen LogP contribution in [-0.4, -0.2) is 20.1 Å². The van der Waals surface area contributed by atoms with Gasteiger partial charge in [-0.1, -0.05) is 18.2 Å². The molecule has 0 heterocycles. The number of anilines is 2. The molecule has 2 amide bonds. The summed E-state index contributed by atoms with van der Waals surface area (Å²) in [6, 6.07) is 13.4. The molecule has 0 aromatic heterocycles. The van der Waals surface area contributed by atoms with E-state index >= 15 is 0 Å². The highest BCUT2D eigenvalue weighted by molar-refractivity contribution is 5.90. The summed E-state index contributed by atoms with van der Waals surface area (Å²) < 4.78 is 13.4. The maximum Gasteiger partial charge on any atom is 0.323 e. The first-order chi connectivity index (χ1) is 10.6. The van der Waals surface area contributed by atoms with Crippen LogP contribution in [0.5, 0.6) is 0 Å². The second-order valence-electron chi connectivity index (χ2n) is 4.89. The second-order valence-corrected chi connectivity index (χ2v) is 4.89. The van der Waals surface area contributed by atoms with E-state index < -0.39 is 0 Å². The maximum atomic E-state index is 13.4. The van der Waals surface area contributed by atoms with Gasteiger partial charge < -0.3 is 15.5 Å². The molecule has 0 radical (unpaired) electrons. The van der Waals surface area contributed by atoms with Gasteiger partial charge in [0.2, 0.25) is 0 Å². The monoisotopic (exact) mass is 299 g/mol. The number of amides is 2. The largest absolute Gasteiger partial charge is 0.378 e. The molecule has 22 heavy (non-hydrogen) atoms. The molecule has 0 atom stereocenters. The van der Waals surface area contributed by atoms with Crippen LogP contribution in [0.4, 0.5) is 20.6 Å². The number of hydrogen-bond acceptors (Lipinski definition) is 2. The molecule has 0 saturated heterocycles. The van der Waals surface area contributed by atoms with Gasteiger partial charge in [-0.3, -0.25) is 0 Å². The number of hydrogen-bond donors (Lipinski definition) is 2. The lowest BCUT2D eigenvalue weighted by Crippen LogP contribution is -2.23. The number of nitrogens with zero attached hydrogens (tertiary/aromatic N) is 1. The molecular weight excluding hydrogens is 281 g/mol. The molecule has 114 valence electrons. The molecule has 0 spiro atoms. The van der Waals surface area contributed by atoms with Gasteiger partial charge in [0.05, 0.1) is 0 Å². The molecule has 2 aromatic rings. The Morgan fingerprint density at radius 3 is 2.41 bits per heavy atom. The lowest BCUT2D eigenvalue weighted by atomic mass is 10.2. The van der Waals surface area contributed by atoms with Crippen molar-refractivity contribution in [3.63, 3.8) is 0 Å². The Kier molecular flexibility index (Phi) is 5.14. The summed E-state index contributed by atoms with van der Waals surface area (Å²) in [4.78, 5) is 13.7. The van der Waals surface area contributed by atoms with E-state index in [1.54, 1.807) is 18.2 Å². The van der Waals surface area contributed by atoms with Crippen LogP contribution in [-0.2, 0) is 0 Å². The van der Waals surface area contributed by atoms with Crippen molar-refractivity contribution in [2.45, 2.75) is 0 Å². The highest BCUT2D eigenvalue weighted by Gasteiger charge is 2.01. The Morgan fingerprint density at radius 2 is 1.77 bits per heavy atom. The van der Waals surface area contributed by atoms with E-state index in [9.17, 15) is 9.18 Å². The van der Waals surface area contributed by atoms with Crippen molar-refractivity contribution >= 4 is 23.5 Å². The number of nitrogens with one attached hydrogen (secondary N) is 2. The van der Waals surface area contributed by atoms with Gasteiger partial charge in [-0.25, -0.2) is 9.18 Å². The normalized spacial score (nSPS) is 10.5. The third-order valence-corrected chi connectivity index (χ3v) is 3.02. The van der Waals surface area contributed by atoms with Crippen LogP contribution in [0, 0.1) is 5.82 Å². The summed E-state index contributed by atoms with van der Waals surface area (Å²) in [6.07, 6.45) is 2.91. The molecule has 2 N–H and O–H groups in total. The molecular formula is C17H18FN3O. The number of urea groups is 1. The average Bonchev–Trinajstić information content (AvgIpc) is 2.50. The fourth-order valence-corrected chi connectivity index (χ4v) is 1.83. The molecule has 0 aliphatic carbocycles. The molecule has 2 rings (SSSR count). The standard InChI is InChI=1S/C17H18FN3O/c1-21(2)15-9-7-14(8-10-15)20-17(22)19-12-11-13-5-3-4-6-16(13)18/h3-12H,1-2H3,(H2,19,20,22)/b12-11+. The molecule has 0 aliphatic rings. The zero-order chi connectivity index (χ0) is 15.9. The topological polar surface area (TPSA) is 44.4 Å². The molecule has 2 aromatic carbocycles. The van der Waals surface area contributed by atoms with E-state index in [1.807, 2.05) is 43.3 Å². The summed E-state index contributed by atoms with van der Waals surface area (Å²) in [5.74, 6) is -0.333. The van der Waals surface area contributed by atoms with Gasteiger partial charge in [0.1, 0.15) is 5.82 Å². The van der Waals surface area contributed by atoms with Crippen LogP contribution < -0.4 is 15.5 Å². The number of benzene rings is 2. The highest BCUT2D eigenvalue weighted by atomic mass is 19.1. The predicted molar refractivity (Wildman–Crippen MR) is 88.4 cm³/mol. The molecule has 4 nitrogen and oxygen atoms in total. The van der Waals surface area contributed by atoms with E-state index in [1.165, 1.54) is 18.3 Å². The summed E-state index contributed by atoms with van der Waals surface area (Å²) in [6.45, 7) is 0. The van der Waals surface area contributed by atoms with Gasteiger partial charge in [-0.05, 0) is 36.4 Å². The zero-order valence-electron chi connectivity index (χ0n) is 12.5.